The number of aromatic nitrogens is 1. The number of thiophene rings is 2. The van der Waals surface area contributed by atoms with E-state index in [-0.39, 0.29) is 6.17 Å². The van der Waals surface area contributed by atoms with Gasteiger partial charge in [-0.3, -0.25) is 0 Å². The fourth-order valence-corrected chi connectivity index (χ4v) is 11.0. The third-order valence-corrected chi connectivity index (χ3v) is 13.5. The maximum atomic E-state index is 5.14. The molecule has 1 atom stereocenters. The number of benzene rings is 8. The van der Waals surface area contributed by atoms with Crippen molar-refractivity contribution in [2.75, 3.05) is 0 Å². The van der Waals surface area contributed by atoms with Gasteiger partial charge in [-0.1, -0.05) is 140 Å². The summed E-state index contributed by atoms with van der Waals surface area (Å²) in [6.45, 7) is 0. The molecule has 4 nitrogen and oxygen atoms in total. The highest BCUT2D eigenvalue weighted by Gasteiger charge is 2.23. The maximum absolute atomic E-state index is 5.14. The minimum Gasteiger partial charge on any atom is -0.344 e. The number of rotatable bonds is 5. The molecule has 11 aromatic rings. The molecule has 268 valence electrons. The first kappa shape index (κ1) is 32.4. The van der Waals surface area contributed by atoms with Crippen LogP contribution in [0.15, 0.2) is 192 Å². The summed E-state index contributed by atoms with van der Waals surface area (Å²) in [5, 5.41) is 11.3. The molecule has 1 aliphatic heterocycles. The van der Waals surface area contributed by atoms with Crippen molar-refractivity contribution in [1.29, 1.82) is 0 Å². The molecule has 0 bridgehead atoms. The normalized spacial score (nSPS) is 14.5. The minimum atomic E-state index is -0.272. The van der Waals surface area contributed by atoms with Gasteiger partial charge < -0.3 is 9.88 Å². The topological polar surface area (TPSA) is 41.7 Å². The van der Waals surface area contributed by atoms with E-state index in [2.05, 4.69) is 155 Å². The van der Waals surface area contributed by atoms with Crippen molar-refractivity contribution in [1.82, 2.24) is 9.88 Å². The molecule has 3 aromatic heterocycles. The highest BCUT2D eigenvalue weighted by Crippen LogP contribution is 2.46. The Morgan fingerprint density at radius 3 is 1.82 bits per heavy atom. The lowest BCUT2D eigenvalue weighted by Crippen LogP contribution is -2.33. The Kier molecular flexibility index (Phi) is 7.30. The molecule has 0 aliphatic carbocycles. The van der Waals surface area contributed by atoms with E-state index in [1.807, 2.05) is 59.1 Å². The Morgan fingerprint density at radius 1 is 0.456 bits per heavy atom. The van der Waals surface area contributed by atoms with Crippen molar-refractivity contribution >= 4 is 96.5 Å². The average molecular weight is 765 g/mol. The molecule has 1 unspecified atom stereocenters. The highest BCUT2D eigenvalue weighted by atomic mass is 32.1. The SMILES string of the molecule is c1ccc(C2=NC(c3ccc4c(c3)sc3cc(-c5cccc6sc7cccc(-n8c9ccccc9c9ccccc98)c7c56)ccc34)NC(c3ccccc3)=N2)cc1. The predicted molar refractivity (Wildman–Crippen MR) is 244 cm³/mol. The third-order valence-electron chi connectivity index (χ3n) is 11.3. The Labute approximate surface area is 336 Å². The van der Waals surface area contributed by atoms with E-state index in [0.717, 1.165) is 28.4 Å². The zero-order valence-corrected chi connectivity index (χ0v) is 32.2. The van der Waals surface area contributed by atoms with Gasteiger partial charge in [-0.15, -0.1) is 22.7 Å². The minimum absolute atomic E-state index is 0.272. The second kappa shape index (κ2) is 12.8. The first-order valence-electron chi connectivity index (χ1n) is 19.2. The van der Waals surface area contributed by atoms with Gasteiger partial charge >= 0.3 is 0 Å². The summed E-state index contributed by atoms with van der Waals surface area (Å²) in [6, 6.07) is 65.5. The fourth-order valence-electron chi connectivity index (χ4n) is 8.67. The summed E-state index contributed by atoms with van der Waals surface area (Å²) in [5.41, 5.74) is 9.30. The molecule has 0 radical (unpaired) electrons. The van der Waals surface area contributed by atoms with Crippen molar-refractivity contribution in [3.8, 4) is 16.8 Å². The third kappa shape index (κ3) is 5.18. The molecule has 8 aromatic carbocycles. The van der Waals surface area contributed by atoms with Gasteiger partial charge in [-0.25, -0.2) is 9.98 Å². The predicted octanol–water partition coefficient (Wildman–Crippen LogP) is 13.7. The Hall–Kier alpha value is -6.86. The van der Waals surface area contributed by atoms with Crippen LogP contribution in [-0.2, 0) is 0 Å². The fraction of sp³-hybridized carbons (Fsp3) is 0.0196. The van der Waals surface area contributed by atoms with E-state index in [9.17, 15) is 0 Å². The quantitative estimate of drug-likeness (QED) is 0.186. The van der Waals surface area contributed by atoms with Gasteiger partial charge in [0.25, 0.3) is 0 Å². The summed E-state index contributed by atoms with van der Waals surface area (Å²) in [4.78, 5) is 10.1. The maximum Gasteiger partial charge on any atom is 0.159 e. The first-order chi connectivity index (χ1) is 28.2. The van der Waals surface area contributed by atoms with E-state index in [1.165, 1.54) is 79.0 Å². The van der Waals surface area contributed by atoms with E-state index >= 15 is 0 Å². The number of aliphatic imine (C=N–C) groups is 2. The summed E-state index contributed by atoms with van der Waals surface area (Å²) < 4.78 is 7.57. The lowest BCUT2D eigenvalue weighted by molar-refractivity contribution is 0.675. The van der Waals surface area contributed by atoms with Gasteiger partial charge in [0, 0.05) is 62.2 Å². The zero-order valence-electron chi connectivity index (χ0n) is 30.6. The van der Waals surface area contributed by atoms with Crippen molar-refractivity contribution < 1.29 is 0 Å². The van der Waals surface area contributed by atoms with Crippen LogP contribution in [0.5, 0.6) is 0 Å². The number of nitrogens with zero attached hydrogens (tertiary/aromatic N) is 3. The number of hydrogen-bond acceptors (Lipinski definition) is 5. The van der Waals surface area contributed by atoms with Crippen LogP contribution in [-0.4, -0.2) is 16.2 Å². The van der Waals surface area contributed by atoms with Crippen LogP contribution in [0.2, 0.25) is 0 Å². The lowest BCUT2D eigenvalue weighted by Gasteiger charge is -2.23. The molecule has 12 rings (SSSR count). The van der Waals surface area contributed by atoms with Crippen LogP contribution in [0.1, 0.15) is 22.9 Å². The van der Waals surface area contributed by atoms with Crippen LogP contribution >= 0.6 is 22.7 Å². The summed E-state index contributed by atoms with van der Waals surface area (Å²) >= 11 is 3.73. The highest BCUT2D eigenvalue weighted by molar-refractivity contribution is 7.26. The Morgan fingerprint density at radius 2 is 1.07 bits per heavy atom. The van der Waals surface area contributed by atoms with Gasteiger partial charge in [0.2, 0.25) is 0 Å². The van der Waals surface area contributed by atoms with E-state index in [1.54, 1.807) is 0 Å². The van der Waals surface area contributed by atoms with E-state index in [0.29, 0.717) is 0 Å². The Balaban J connectivity index is 0.987. The molecule has 0 amide bonds. The second-order valence-electron chi connectivity index (χ2n) is 14.6. The molecule has 57 heavy (non-hydrogen) atoms. The largest absolute Gasteiger partial charge is 0.344 e. The number of nitrogens with one attached hydrogen (secondary N) is 1. The Bertz CT molecular complexity index is 3390. The first-order valence-corrected chi connectivity index (χ1v) is 20.8. The number of amidine groups is 2. The van der Waals surface area contributed by atoms with E-state index in [4.69, 9.17) is 9.98 Å². The van der Waals surface area contributed by atoms with Gasteiger partial charge in [0.1, 0.15) is 12.0 Å². The van der Waals surface area contributed by atoms with Crippen LogP contribution in [0, 0.1) is 0 Å². The van der Waals surface area contributed by atoms with Crippen molar-refractivity contribution in [3.63, 3.8) is 0 Å². The molecule has 0 saturated heterocycles. The van der Waals surface area contributed by atoms with Crippen LogP contribution in [0.4, 0.5) is 0 Å². The number of hydrogen-bond donors (Lipinski definition) is 1. The second-order valence-corrected chi connectivity index (χ2v) is 16.7. The molecule has 0 spiro atoms. The zero-order chi connectivity index (χ0) is 37.5. The molecule has 1 aliphatic rings. The van der Waals surface area contributed by atoms with Crippen molar-refractivity contribution in [2.45, 2.75) is 6.17 Å². The number of fused-ring (bicyclic) bond motifs is 9. The van der Waals surface area contributed by atoms with Crippen molar-refractivity contribution in [2.24, 2.45) is 9.98 Å². The lowest BCUT2D eigenvalue weighted by atomic mass is 9.97. The standard InChI is InChI=1S/C51H32N4S2/c1-3-13-31(14-4-1)49-52-50(32-15-5-2-6-16-32)54-51(53-49)34-26-28-39-38-27-25-33(29-45(38)57-46(39)30-34)35-19-11-23-43-47(35)48-42(22-12-24-44(48)56-43)55-40-20-9-7-17-36(40)37-18-8-10-21-41(37)55/h1-30,51H,(H,52,53,54). The summed E-state index contributed by atoms with van der Waals surface area (Å²) in [6.07, 6.45) is -0.272. The van der Waals surface area contributed by atoms with Crippen LogP contribution in [0.3, 0.4) is 0 Å². The van der Waals surface area contributed by atoms with Crippen molar-refractivity contribution in [3.05, 3.63) is 199 Å². The monoisotopic (exact) mass is 764 g/mol. The molecule has 0 saturated carbocycles. The van der Waals surface area contributed by atoms with Gasteiger partial charge in [0.05, 0.1) is 16.7 Å². The van der Waals surface area contributed by atoms with Gasteiger partial charge in [-0.05, 0) is 59.2 Å². The van der Waals surface area contributed by atoms with Crippen LogP contribution < -0.4 is 5.32 Å². The number of para-hydroxylation sites is 2. The molecule has 1 N–H and O–H groups in total. The summed E-state index contributed by atoms with van der Waals surface area (Å²) in [5.74, 6) is 1.56. The van der Waals surface area contributed by atoms with Gasteiger partial charge in [0.15, 0.2) is 5.84 Å². The molecule has 4 heterocycles. The summed E-state index contributed by atoms with van der Waals surface area (Å²) in [7, 11) is 0. The van der Waals surface area contributed by atoms with E-state index < -0.39 is 0 Å². The molecular weight excluding hydrogens is 733 g/mol. The molecule has 6 heteroatoms. The smallest absolute Gasteiger partial charge is 0.159 e. The average Bonchev–Trinajstić information content (AvgIpc) is 3.96. The van der Waals surface area contributed by atoms with Gasteiger partial charge in [-0.2, -0.15) is 0 Å². The molecule has 0 fully saturated rings. The molecular formula is C51H32N4S2. The van der Waals surface area contributed by atoms with Crippen LogP contribution in [0.25, 0.3) is 79.0 Å².